The molecule has 0 aromatic rings. The summed E-state index contributed by atoms with van der Waals surface area (Å²) >= 11 is 0. The normalized spacial score (nSPS) is 40.4. The first-order valence-corrected chi connectivity index (χ1v) is 22.9. The number of morpholine rings is 1. The standard InChI is InChI=1S/C49H78N2O5/c1-32(2)36-16-23-49(50-26-27-51-28-30-54-31-29-51)25-24-46(10)38(41(36)49)12-13-40-45(9)19-17-37(44(7,8)39(45)18-20-47(40,46)11)35-14-21-48(22-15-35,42(52)55-33(3)4)43(53)56-34(5)6/h14,17,33-34,36,38-41,50H,1,12-13,15-16,18-31H2,2-11H3. The Hall–Kier alpha value is -1.96. The van der Waals surface area contributed by atoms with Crippen molar-refractivity contribution in [1.82, 2.24) is 10.2 Å². The van der Waals surface area contributed by atoms with Gasteiger partial charge in [-0.1, -0.05) is 58.9 Å². The summed E-state index contributed by atoms with van der Waals surface area (Å²) in [7, 11) is 0. The molecule has 314 valence electrons. The third-order valence-electron chi connectivity index (χ3n) is 18.0. The SMILES string of the molecule is C=C(C)C1CCC2(NCCN3CCOCC3)CCC3(C)C(CCC4C5(C)CC=C(C6=CCC(C(=O)OC(C)C)(C(=O)OC(C)C)CC6)C(C)(C)C5CCC43C)C12. The fraction of sp³-hybridized carbons (Fsp3) is 0.837. The Morgan fingerprint density at radius 2 is 1.52 bits per heavy atom. The van der Waals surface area contributed by atoms with Crippen molar-refractivity contribution >= 4 is 11.9 Å². The molecule has 7 nitrogen and oxygen atoms in total. The van der Waals surface area contributed by atoms with Crippen LogP contribution in [0.2, 0.25) is 0 Å². The first-order chi connectivity index (χ1) is 26.3. The number of hydrogen-bond acceptors (Lipinski definition) is 7. The van der Waals surface area contributed by atoms with Gasteiger partial charge in [0.05, 0.1) is 25.4 Å². The summed E-state index contributed by atoms with van der Waals surface area (Å²) in [5, 5.41) is 4.31. The van der Waals surface area contributed by atoms with E-state index >= 15 is 0 Å². The predicted molar refractivity (Wildman–Crippen MR) is 225 cm³/mol. The predicted octanol–water partition coefficient (Wildman–Crippen LogP) is 9.85. The molecule has 1 heterocycles. The largest absolute Gasteiger partial charge is 0.462 e. The molecule has 0 spiro atoms. The van der Waals surface area contributed by atoms with E-state index in [0.29, 0.717) is 53.8 Å². The van der Waals surface area contributed by atoms with Crippen LogP contribution in [0.3, 0.4) is 0 Å². The Balaban J connectivity index is 1.13. The van der Waals surface area contributed by atoms with Gasteiger partial charge in [0, 0.05) is 31.7 Å². The van der Waals surface area contributed by atoms with Crippen LogP contribution in [-0.2, 0) is 23.8 Å². The van der Waals surface area contributed by atoms with Crippen molar-refractivity contribution in [3.05, 3.63) is 35.5 Å². The molecule has 7 aliphatic rings. The maximum absolute atomic E-state index is 13.5. The van der Waals surface area contributed by atoms with Crippen molar-refractivity contribution in [2.75, 3.05) is 39.4 Å². The van der Waals surface area contributed by atoms with Crippen LogP contribution in [-0.4, -0.2) is 74.0 Å². The number of allylic oxidation sites excluding steroid dienone is 5. The number of esters is 2. The molecule has 0 aromatic heterocycles. The van der Waals surface area contributed by atoms with Gasteiger partial charge in [-0.3, -0.25) is 14.5 Å². The average molecular weight is 775 g/mol. The fourth-order valence-electron chi connectivity index (χ4n) is 15.1. The molecule has 1 N–H and O–H groups in total. The molecule has 0 aromatic carbocycles. The molecule has 0 radical (unpaired) electrons. The van der Waals surface area contributed by atoms with Crippen molar-refractivity contribution < 1.29 is 23.8 Å². The third-order valence-corrected chi connectivity index (χ3v) is 18.0. The Morgan fingerprint density at radius 1 is 0.839 bits per heavy atom. The number of ether oxygens (including phenoxy) is 3. The first-order valence-electron chi connectivity index (χ1n) is 22.9. The zero-order valence-corrected chi connectivity index (χ0v) is 37.1. The van der Waals surface area contributed by atoms with E-state index in [0.717, 1.165) is 51.7 Å². The van der Waals surface area contributed by atoms with Gasteiger partial charge in [-0.2, -0.15) is 0 Å². The zero-order chi connectivity index (χ0) is 40.5. The number of nitrogens with one attached hydrogen (secondary N) is 1. The molecule has 0 amide bonds. The number of carbonyl (C=O) groups excluding carboxylic acids is 2. The minimum atomic E-state index is -1.27. The van der Waals surface area contributed by atoms with Crippen molar-refractivity contribution in [2.24, 2.45) is 56.7 Å². The Morgan fingerprint density at radius 3 is 2.12 bits per heavy atom. The van der Waals surface area contributed by atoms with Gasteiger partial charge < -0.3 is 19.5 Å². The minimum absolute atomic E-state index is 0.00256. The highest BCUT2D eigenvalue weighted by molar-refractivity contribution is 6.00. The number of carbonyl (C=O) groups is 2. The summed E-state index contributed by atoms with van der Waals surface area (Å²) in [5.41, 5.74) is 3.97. The van der Waals surface area contributed by atoms with E-state index < -0.39 is 17.4 Å². The zero-order valence-electron chi connectivity index (χ0n) is 37.1. The van der Waals surface area contributed by atoms with Crippen LogP contribution in [0.25, 0.3) is 0 Å². The summed E-state index contributed by atoms with van der Waals surface area (Å²) in [6.45, 7) is 33.6. The molecular formula is C49H78N2O5. The maximum atomic E-state index is 13.5. The van der Waals surface area contributed by atoms with Gasteiger partial charge in [-0.25, -0.2) is 0 Å². The Bertz CT molecular complexity index is 1570. The lowest BCUT2D eigenvalue weighted by molar-refractivity contribution is -0.221. The lowest BCUT2D eigenvalue weighted by Crippen LogP contribution is -2.68. The highest BCUT2D eigenvalue weighted by Crippen LogP contribution is 2.76. The molecule has 4 saturated carbocycles. The van der Waals surface area contributed by atoms with Gasteiger partial charge in [0.1, 0.15) is 0 Å². The van der Waals surface area contributed by atoms with Crippen LogP contribution in [0.15, 0.2) is 35.5 Å². The second-order valence-electron chi connectivity index (χ2n) is 21.7. The molecule has 6 aliphatic carbocycles. The Kier molecular flexibility index (Phi) is 11.5. The van der Waals surface area contributed by atoms with Crippen LogP contribution in [0.1, 0.15) is 146 Å². The fourth-order valence-corrected chi connectivity index (χ4v) is 15.1. The van der Waals surface area contributed by atoms with E-state index in [9.17, 15) is 9.59 Å². The van der Waals surface area contributed by atoms with E-state index in [1.54, 1.807) is 0 Å². The summed E-state index contributed by atoms with van der Waals surface area (Å²) in [4.78, 5) is 29.7. The average Bonchev–Trinajstić information content (AvgIpc) is 3.52. The molecule has 9 atom stereocenters. The van der Waals surface area contributed by atoms with E-state index in [-0.39, 0.29) is 28.6 Å². The smallest absolute Gasteiger partial charge is 0.324 e. The molecule has 56 heavy (non-hydrogen) atoms. The molecule has 0 bridgehead atoms. The Labute approximate surface area is 340 Å². The van der Waals surface area contributed by atoms with Crippen LogP contribution in [0, 0.1) is 56.7 Å². The molecule has 1 saturated heterocycles. The monoisotopic (exact) mass is 775 g/mol. The molecular weight excluding hydrogens is 697 g/mol. The van der Waals surface area contributed by atoms with Crippen molar-refractivity contribution in [2.45, 2.75) is 164 Å². The van der Waals surface area contributed by atoms with E-state index in [4.69, 9.17) is 14.2 Å². The molecule has 5 fully saturated rings. The van der Waals surface area contributed by atoms with Gasteiger partial charge in [0.2, 0.25) is 0 Å². The number of hydrogen-bond donors (Lipinski definition) is 1. The highest BCUT2D eigenvalue weighted by Gasteiger charge is 2.70. The lowest BCUT2D eigenvalue weighted by Gasteiger charge is -2.72. The summed E-state index contributed by atoms with van der Waals surface area (Å²) in [6.07, 6.45) is 17.2. The van der Waals surface area contributed by atoms with Crippen molar-refractivity contribution in [1.29, 1.82) is 0 Å². The summed E-state index contributed by atoms with van der Waals surface area (Å²) < 4.78 is 17.0. The highest BCUT2D eigenvalue weighted by atomic mass is 16.6. The maximum Gasteiger partial charge on any atom is 0.324 e. The molecule has 9 unspecified atom stereocenters. The van der Waals surface area contributed by atoms with Gasteiger partial charge >= 0.3 is 11.9 Å². The van der Waals surface area contributed by atoms with Crippen LogP contribution in [0.4, 0.5) is 0 Å². The molecule has 1 aliphatic heterocycles. The molecule has 7 heteroatoms. The molecule has 7 rings (SSSR count). The van der Waals surface area contributed by atoms with Gasteiger partial charge in [0.15, 0.2) is 5.41 Å². The second-order valence-corrected chi connectivity index (χ2v) is 21.7. The first kappa shape index (κ1) is 42.2. The summed E-state index contributed by atoms with van der Waals surface area (Å²) in [5.74, 6) is 2.39. The summed E-state index contributed by atoms with van der Waals surface area (Å²) in [6, 6.07) is 0. The number of nitrogens with zero attached hydrogens (tertiary/aromatic N) is 1. The second kappa shape index (κ2) is 15.3. The van der Waals surface area contributed by atoms with Crippen LogP contribution < -0.4 is 5.32 Å². The minimum Gasteiger partial charge on any atom is -0.462 e. The van der Waals surface area contributed by atoms with Gasteiger partial charge in [-0.15, -0.1) is 0 Å². The van der Waals surface area contributed by atoms with Gasteiger partial charge in [0.25, 0.3) is 0 Å². The number of fused-ring (bicyclic) bond motifs is 7. The van der Waals surface area contributed by atoms with E-state index in [1.807, 2.05) is 27.7 Å². The third kappa shape index (κ3) is 6.72. The number of rotatable bonds is 10. The van der Waals surface area contributed by atoms with Crippen LogP contribution >= 0.6 is 0 Å². The topological polar surface area (TPSA) is 77.1 Å². The lowest BCUT2D eigenvalue weighted by atomic mass is 9.33. The van der Waals surface area contributed by atoms with Gasteiger partial charge in [-0.05, 0) is 174 Å². The van der Waals surface area contributed by atoms with Crippen molar-refractivity contribution in [3.8, 4) is 0 Å². The van der Waals surface area contributed by atoms with Crippen LogP contribution in [0.5, 0.6) is 0 Å². The van der Waals surface area contributed by atoms with Crippen molar-refractivity contribution in [3.63, 3.8) is 0 Å². The van der Waals surface area contributed by atoms with E-state index in [2.05, 4.69) is 70.5 Å². The quantitative estimate of drug-likeness (QED) is 0.135. The van der Waals surface area contributed by atoms with E-state index in [1.165, 1.54) is 68.1 Å².